The molecule has 1 aliphatic heterocycles. The number of nitrogens with zero attached hydrogens (tertiary/aromatic N) is 2. The SMILES string of the molecule is O=NCc1ccccc1-c1ccc2c(c1CN=O)OCO2. The Morgan fingerprint density at radius 3 is 2.52 bits per heavy atom. The van der Waals surface area contributed by atoms with Crippen LogP contribution in [0.15, 0.2) is 46.8 Å². The van der Waals surface area contributed by atoms with Gasteiger partial charge in [0.25, 0.3) is 0 Å². The van der Waals surface area contributed by atoms with Crippen LogP contribution in [0.4, 0.5) is 0 Å². The Morgan fingerprint density at radius 2 is 1.71 bits per heavy atom. The third-order valence-electron chi connectivity index (χ3n) is 3.41. The van der Waals surface area contributed by atoms with E-state index in [1.165, 1.54) is 0 Å². The molecule has 6 nitrogen and oxygen atoms in total. The van der Waals surface area contributed by atoms with Gasteiger partial charge in [-0.1, -0.05) is 40.7 Å². The number of benzene rings is 2. The summed E-state index contributed by atoms with van der Waals surface area (Å²) < 4.78 is 10.8. The van der Waals surface area contributed by atoms with Crippen LogP contribution in [0.25, 0.3) is 11.1 Å². The zero-order chi connectivity index (χ0) is 14.7. The van der Waals surface area contributed by atoms with Crippen molar-refractivity contribution >= 4 is 0 Å². The summed E-state index contributed by atoms with van der Waals surface area (Å²) >= 11 is 0. The predicted molar refractivity (Wildman–Crippen MR) is 77.0 cm³/mol. The lowest BCUT2D eigenvalue weighted by Crippen LogP contribution is -1.96. The van der Waals surface area contributed by atoms with E-state index in [1.807, 2.05) is 30.3 Å². The van der Waals surface area contributed by atoms with E-state index in [0.29, 0.717) is 17.1 Å². The van der Waals surface area contributed by atoms with E-state index in [0.717, 1.165) is 16.7 Å². The normalized spacial score (nSPS) is 12.2. The van der Waals surface area contributed by atoms with Crippen molar-refractivity contribution in [3.05, 3.63) is 57.3 Å². The van der Waals surface area contributed by atoms with Gasteiger partial charge in [-0.25, -0.2) is 0 Å². The van der Waals surface area contributed by atoms with Gasteiger partial charge in [-0.15, -0.1) is 0 Å². The fourth-order valence-electron chi connectivity index (χ4n) is 2.49. The molecular formula is C15H12N2O4. The summed E-state index contributed by atoms with van der Waals surface area (Å²) in [5.41, 5.74) is 3.10. The zero-order valence-corrected chi connectivity index (χ0v) is 11.1. The molecule has 6 heteroatoms. The molecule has 2 aromatic carbocycles. The molecule has 0 unspecified atom stereocenters. The summed E-state index contributed by atoms with van der Waals surface area (Å²) in [5.74, 6) is 1.14. The highest BCUT2D eigenvalue weighted by atomic mass is 16.7. The first-order valence-electron chi connectivity index (χ1n) is 6.43. The molecule has 1 aliphatic rings. The van der Waals surface area contributed by atoms with Gasteiger partial charge < -0.3 is 9.47 Å². The number of ether oxygens (including phenoxy) is 2. The first kappa shape index (κ1) is 13.2. The Kier molecular flexibility index (Phi) is 3.59. The average Bonchev–Trinajstić information content (AvgIpc) is 2.98. The summed E-state index contributed by atoms with van der Waals surface area (Å²) in [6.45, 7) is 0.172. The molecule has 0 N–H and O–H groups in total. The van der Waals surface area contributed by atoms with E-state index < -0.39 is 0 Å². The van der Waals surface area contributed by atoms with E-state index in [9.17, 15) is 9.81 Å². The maximum atomic E-state index is 10.8. The van der Waals surface area contributed by atoms with Crippen molar-refractivity contribution in [2.45, 2.75) is 13.1 Å². The number of fused-ring (bicyclic) bond motifs is 1. The molecule has 0 aliphatic carbocycles. The number of nitroso groups, excluding NO2 is 2. The van der Waals surface area contributed by atoms with Gasteiger partial charge in [0.2, 0.25) is 6.79 Å². The second-order valence-electron chi connectivity index (χ2n) is 4.56. The zero-order valence-electron chi connectivity index (χ0n) is 11.1. The smallest absolute Gasteiger partial charge is 0.231 e. The molecule has 0 saturated heterocycles. The van der Waals surface area contributed by atoms with Crippen LogP contribution < -0.4 is 9.47 Å². The van der Waals surface area contributed by atoms with Crippen LogP contribution in [0.1, 0.15) is 11.1 Å². The molecule has 2 aromatic rings. The molecule has 3 rings (SSSR count). The van der Waals surface area contributed by atoms with Crippen molar-refractivity contribution in [2.75, 3.05) is 6.79 Å². The molecule has 0 fully saturated rings. The van der Waals surface area contributed by atoms with Crippen LogP contribution in [-0.4, -0.2) is 6.79 Å². The van der Waals surface area contributed by atoms with E-state index in [4.69, 9.17) is 9.47 Å². The molecule has 0 radical (unpaired) electrons. The highest BCUT2D eigenvalue weighted by molar-refractivity contribution is 5.75. The molecule has 1 heterocycles. The van der Waals surface area contributed by atoms with Gasteiger partial charge in [0.1, 0.15) is 13.1 Å². The molecule has 21 heavy (non-hydrogen) atoms. The number of hydrogen-bond acceptors (Lipinski definition) is 6. The van der Waals surface area contributed by atoms with Crippen LogP contribution in [0.5, 0.6) is 11.5 Å². The van der Waals surface area contributed by atoms with Crippen molar-refractivity contribution in [3.63, 3.8) is 0 Å². The first-order valence-corrected chi connectivity index (χ1v) is 6.43. The fourth-order valence-corrected chi connectivity index (χ4v) is 2.49. The van der Waals surface area contributed by atoms with Gasteiger partial charge in [-0.2, -0.15) is 9.81 Å². The van der Waals surface area contributed by atoms with E-state index >= 15 is 0 Å². The molecule has 0 bridgehead atoms. The van der Waals surface area contributed by atoms with Gasteiger partial charge in [-0.05, 0) is 22.8 Å². The van der Waals surface area contributed by atoms with Crippen molar-refractivity contribution < 1.29 is 9.47 Å². The largest absolute Gasteiger partial charge is 0.454 e. The average molecular weight is 284 g/mol. The molecule has 106 valence electrons. The highest BCUT2D eigenvalue weighted by Crippen LogP contribution is 2.42. The Bertz CT molecular complexity index is 700. The first-order chi connectivity index (χ1) is 10.3. The van der Waals surface area contributed by atoms with Gasteiger partial charge in [0.15, 0.2) is 11.5 Å². The maximum absolute atomic E-state index is 10.8. The minimum absolute atomic E-state index is 0.0231. The lowest BCUT2D eigenvalue weighted by atomic mass is 9.94. The molecule has 0 atom stereocenters. The summed E-state index contributed by atoms with van der Waals surface area (Å²) in [6.07, 6.45) is 0. The Hall–Kier alpha value is -2.76. The summed E-state index contributed by atoms with van der Waals surface area (Å²) in [4.78, 5) is 21.3. The predicted octanol–water partition coefficient (Wildman–Crippen LogP) is 3.62. The van der Waals surface area contributed by atoms with Crippen molar-refractivity contribution in [2.24, 2.45) is 10.4 Å². The van der Waals surface area contributed by atoms with E-state index in [1.54, 1.807) is 6.07 Å². The van der Waals surface area contributed by atoms with Gasteiger partial charge in [-0.3, -0.25) is 0 Å². The van der Waals surface area contributed by atoms with Crippen LogP contribution in [0.3, 0.4) is 0 Å². The van der Waals surface area contributed by atoms with Gasteiger partial charge in [0, 0.05) is 5.56 Å². The van der Waals surface area contributed by atoms with E-state index in [-0.39, 0.29) is 19.9 Å². The maximum Gasteiger partial charge on any atom is 0.231 e. The second-order valence-corrected chi connectivity index (χ2v) is 4.56. The Morgan fingerprint density at radius 1 is 0.905 bits per heavy atom. The summed E-state index contributed by atoms with van der Waals surface area (Å²) in [5, 5.41) is 5.92. The Balaban J connectivity index is 2.18. The monoisotopic (exact) mass is 284 g/mol. The summed E-state index contributed by atoms with van der Waals surface area (Å²) in [7, 11) is 0. The van der Waals surface area contributed by atoms with Crippen molar-refractivity contribution in [3.8, 4) is 22.6 Å². The quantitative estimate of drug-likeness (QED) is 0.786. The number of rotatable bonds is 5. The summed E-state index contributed by atoms with van der Waals surface area (Å²) in [6, 6.07) is 11.1. The fraction of sp³-hybridized carbons (Fsp3) is 0.200. The minimum atomic E-state index is -0.0231. The van der Waals surface area contributed by atoms with Crippen LogP contribution in [0, 0.1) is 9.81 Å². The van der Waals surface area contributed by atoms with Crippen LogP contribution >= 0.6 is 0 Å². The lowest BCUT2D eigenvalue weighted by molar-refractivity contribution is 0.173. The minimum Gasteiger partial charge on any atom is -0.454 e. The van der Waals surface area contributed by atoms with Crippen LogP contribution in [0.2, 0.25) is 0 Å². The highest BCUT2D eigenvalue weighted by Gasteiger charge is 2.22. The number of hydrogen-bond donors (Lipinski definition) is 0. The van der Waals surface area contributed by atoms with Crippen molar-refractivity contribution in [1.29, 1.82) is 0 Å². The van der Waals surface area contributed by atoms with Crippen molar-refractivity contribution in [1.82, 2.24) is 0 Å². The molecule has 0 saturated carbocycles. The topological polar surface area (TPSA) is 77.3 Å². The molecule has 0 aromatic heterocycles. The van der Waals surface area contributed by atoms with E-state index in [2.05, 4.69) is 10.4 Å². The Labute approximate surface area is 120 Å². The van der Waals surface area contributed by atoms with Gasteiger partial charge in [0.05, 0.1) is 0 Å². The standard InChI is InChI=1S/C15H12N2O4/c18-16-7-10-3-1-2-4-11(10)12-5-6-14-15(21-9-20-14)13(12)8-17-19/h1-6H,7-9H2. The molecule has 0 spiro atoms. The van der Waals surface area contributed by atoms with Gasteiger partial charge >= 0.3 is 0 Å². The third-order valence-corrected chi connectivity index (χ3v) is 3.41. The third kappa shape index (κ3) is 2.35. The van der Waals surface area contributed by atoms with Crippen LogP contribution in [-0.2, 0) is 13.1 Å². The molecule has 0 amide bonds. The second kappa shape index (κ2) is 5.70. The molecular weight excluding hydrogens is 272 g/mol. The lowest BCUT2D eigenvalue weighted by Gasteiger charge is -2.12.